The van der Waals surface area contributed by atoms with Crippen molar-refractivity contribution in [1.82, 2.24) is 0 Å². The zero-order chi connectivity index (χ0) is 20.2. The number of esters is 1. The summed E-state index contributed by atoms with van der Waals surface area (Å²) in [6.45, 7) is 5.29. The van der Waals surface area contributed by atoms with E-state index < -0.39 is 5.60 Å². The first-order chi connectivity index (χ1) is 13.8. The maximum Gasteiger partial charge on any atom is 0.305 e. The number of aliphatic hydroxyl groups is 1. The predicted molar refractivity (Wildman–Crippen MR) is 108 cm³/mol. The van der Waals surface area contributed by atoms with Gasteiger partial charge in [-0.2, -0.15) is 0 Å². The van der Waals surface area contributed by atoms with Gasteiger partial charge in [0, 0.05) is 30.1 Å². The molecule has 1 aliphatic heterocycles. The van der Waals surface area contributed by atoms with Crippen molar-refractivity contribution in [2.45, 2.75) is 83.7 Å². The van der Waals surface area contributed by atoms with Gasteiger partial charge in [0.25, 0.3) is 0 Å². The van der Waals surface area contributed by atoms with Gasteiger partial charge in [0.2, 0.25) is 0 Å². The Morgan fingerprint density at radius 3 is 2.66 bits per heavy atom. The van der Waals surface area contributed by atoms with Gasteiger partial charge in [-0.15, -0.1) is 0 Å². The number of fused-ring (bicyclic) bond motifs is 10. The Morgan fingerprint density at radius 2 is 1.83 bits per heavy atom. The number of ketones is 1. The first kappa shape index (κ1) is 18.8. The topological polar surface area (TPSA) is 63.6 Å². The van der Waals surface area contributed by atoms with Crippen LogP contribution in [-0.4, -0.2) is 29.1 Å². The fourth-order valence-electron chi connectivity index (χ4n) is 9.16. The van der Waals surface area contributed by atoms with Crippen molar-refractivity contribution in [3.05, 3.63) is 0 Å². The fourth-order valence-corrected chi connectivity index (χ4v) is 9.16. The van der Waals surface area contributed by atoms with E-state index in [0.29, 0.717) is 55.5 Å². The molecule has 0 aromatic heterocycles. The molecular weight excluding hydrogens is 364 g/mol. The van der Waals surface area contributed by atoms with Crippen LogP contribution < -0.4 is 0 Å². The van der Waals surface area contributed by atoms with E-state index in [1.807, 2.05) is 0 Å². The van der Waals surface area contributed by atoms with Crippen LogP contribution in [0.5, 0.6) is 0 Å². The van der Waals surface area contributed by atoms with Crippen LogP contribution in [0.4, 0.5) is 0 Å². The second-order valence-electron chi connectivity index (χ2n) is 12.2. The largest absolute Gasteiger partial charge is 0.465 e. The highest BCUT2D eigenvalue weighted by molar-refractivity contribution is 5.81. The van der Waals surface area contributed by atoms with Crippen LogP contribution in [0.15, 0.2) is 0 Å². The molecule has 4 heteroatoms. The Hall–Kier alpha value is -0.900. The third-order valence-corrected chi connectivity index (χ3v) is 10.8. The normalized spacial score (nSPS) is 58.5. The first-order valence-corrected chi connectivity index (χ1v) is 12.2. The highest BCUT2D eigenvalue weighted by Gasteiger charge is 2.75. The molecule has 5 saturated carbocycles. The van der Waals surface area contributed by atoms with E-state index in [0.717, 1.165) is 43.9 Å². The third kappa shape index (κ3) is 2.47. The lowest BCUT2D eigenvalue weighted by atomic mass is 9.43. The average molecular weight is 401 g/mol. The number of rotatable bonds is 0. The second kappa shape index (κ2) is 5.87. The summed E-state index contributed by atoms with van der Waals surface area (Å²) < 4.78 is 5.82. The summed E-state index contributed by atoms with van der Waals surface area (Å²) in [5, 5.41) is 11.8. The van der Waals surface area contributed by atoms with Gasteiger partial charge >= 0.3 is 5.97 Å². The first-order valence-electron chi connectivity index (χ1n) is 12.2. The number of cyclic esters (lactones) is 1. The van der Waals surface area contributed by atoms with Crippen molar-refractivity contribution in [1.29, 1.82) is 0 Å². The zero-order valence-corrected chi connectivity index (χ0v) is 18.0. The van der Waals surface area contributed by atoms with Crippen LogP contribution >= 0.6 is 0 Å². The van der Waals surface area contributed by atoms with E-state index in [2.05, 4.69) is 13.8 Å². The number of hydrogen-bond donors (Lipinski definition) is 1. The van der Waals surface area contributed by atoms with Gasteiger partial charge in [0.1, 0.15) is 5.78 Å². The Bertz CT molecular complexity index is 762. The summed E-state index contributed by atoms with van der Waals surface area (Å²) in [4.78, 5) is 24.5. The van der Waals surface area contributed by atoms with Gasteiger partial charge in [-0.1, -0.05) is 13.8 Å². The van der Waals surface area contributed by atoms with Crippen molar-refractivity contribution in [2.75, 3.05) is 6.61 Å². The van der Waals surface area contributed by atoms with Gasteiger partial charge in [0.05, 0.1) is 12.2 Å². The fraction of sp³-hybridized carbons (Fsp3) is 0.920. The molecule has 6 fully saturated rings. The molecule has 29 heavy (non-hydrogen) atoms. The summed E-state index contributed by atoms with van der Waals surface area (Å²) in [7, 11) is 0. The highest BCUT2D eigenvalue weighted by atomic mass is 16.5. The number of ether oxygens (including phenoxy) is 1. The number of carbonyl (C=O) groups excluding carboxylic acids is 2. The average Bonchev–Trinajstić information content (AvgIpc) is 3.57. The quantitative estimate of drug-likeness (QED) is 0.621. The van der Waals surface area contributed by atoms with E-state index in [4.69, 9.17) is 4.74 Å². The molecule has 1 saturated heterocycles. The van der Waals surface area contributed by atoms with Crippen molar-refractivity contribution >= 4 is 11.8 Å². The van der Waals surface area contributed by atoms with Crippen LogP contribution in [-0.2, 0) is 14.3 Å². The SMILES string of the molecule is CC12CCC3C(C4CC4C4(O)CC(=O)CCC34C)C1C1CC1CCCC(=O)OC2. The molecule has 0 radical (unpaired) electrons. The molecule has 0 aromatic carbocycles. The molecule has 6 aliphatic rings. The maximum atomic E-state index is 12.3. The molecular formula is C25H36O4. The van der Waals surface area contributed by atoms with Crippen LogP contribution in [0.2, 0.25) is 0 Å². The Labute approximate surface area is 174 Å². The second-order valence-corrected chi connectivity index (χ2v) is 12.2. The molecule has 1 heterocycles. The van der Waals surface area contributed by atoms with Crippen molar-refractivity contribution < 1.29 is 19.4 Å². The zero-order valence-electron chi connectivity index (χ0n) is 18.0. The van der Waals surface area contributed by atoms with Crippen molar-refractivity contribution in [3.63, 3.8) is 0 Å². The minimum atomic E-state index is -0.771. The smallest absolute Gasteiger partial charge is 0.305 e. The van der Waals surface area contributed by atoms with Gasteiger partial charge in [-0.05, 0) is 86.4 Å². The lowest BCUT2D eigenvalue weighted by Gasteiger charge is -2.63. The Morgan fingerprint density at radius 1 is 1.00 bits per heavy atom. The van der Waals surface area contributed by atoms with Crippen LogP contribution in [0.1, 0.15) is 78.1 Å². The number of Topliss-reactive ketones (excluding diaryl/α,β-unsaturated/α-hetero) is 1. The predicted octanol–water partition coefficient (Wildman–Crippen LogP) is 4.14. The van der Waals surface area contributed by atoms with E-state index in [1.54, 1.807) is 0 Å². The summed E-state index contributed by atoms with van der Waals surface area (Å²) in [5.41, 5.74) is -0.814. The molecule has 10 atom stereocenters. The van der Waals surface area contributed by atoms with E-state index in [-0.39, 0.29) is 22.6 Å². The molecule has 10 unspecified atom stereocenters. The van der Waals surface area contributed by atoms with Gasteiger partial charge in [-0.25, -0.2) is 0 Å². The number of carbonyl (C=O) groups is 2. The monoisotopic (exact) mass is 400 g/mol. The molecule has 5 aliphatic carbocycles. The minimum Gasteiger partial charge on any atom is -0.465 e. The van der Waals surface area contributed by atoms with Crippen LogP contribution in [0, 0.1) is 52.3 Å². The molecule has 6 rings (SSSR count). The molecule has 1 N–H and O–H groups in total. The summed E-state index contributed by atoms with van der Waals surface area (Å²) in [6, 6.07) is 0. The number of hydrogen-bond acceptors (Lipinski definition) is 4. The minimum absolute atomic E-state index is 0.00808. The Balaban J connectivity index is 1.38. The lowest BCUT2D eigenvalue weighted by Crippen LogP contribution is -2.64. The van der Waals surface area contributed by atoms with Gasteiger partial charge < -0.3 is 9.84 Å². The van der Waals surface area contributed by atoms with E-state index in [1.165, 1.54) is 12.8 Å². The van der Waals surface area contributed by atoms with Gasteiger partial charge in [0.15, 0.2) is 0 Å². The maximum absolute atomic E-state index is 12.3. The molecule has 0 aromatic rings. The summed E-state index contributed by atoms with van der Waals surface area (Å²) in [5.74, 6) is 4.50. The van der Waals surface area contributed by atoms with Crippen LogP contribution in [0.3, 0.4) is 0 Å². The molecule has 0 spiro atoms. The highest BCUT2D eigenvalue weighted by Crippen LogP contribution is 2.76. The summed E-state index contributed by atoms with van der Waals surface area (Å²) in [6.07, 6.45) is 9.26. The molecule has 0 amide bonds. The summed E-state index contributed by atoms with van der Waals surface area (Å²) >= 11 is 0. The molecule has 160 valence electrons. The van der Waals surface area contributed by atoms with E-state index in [9.17, 15) is 14.7 Å². The molecule has 0 bridgehead atoms. The lowest BCUT2D eigenvalue weighted by molar-refractivity contribution is -0.216. The van der Waals surface area contributed by atoms with E-state index >= 15 is 0 Å². The van der Waals surface area contributed by atoms with Crippen LogP contribution in [0.25, 0.3) is 0 Å². The van der Waals surface area contributed by atoms with Crippen molar-refractivity contribution in [2.24, 2.45) is 52.3 Å². The third-order valence-electron chi connectivity index (χ3n) is 10.8. The van der Waals surface area contributed by atoms with Gasteiger partial charge in [-0.3, -0.25) is 9.59 Å². The molecule has 4 nitrogen and oxygen atoms in total. The standard InChI is InChI=1S/C25H36O4/c1-23-8-7-18-21(22(23)16-10-14(16)4-3-5-20(27)29-13-23)17-11-19(17)25(28)12-15(26)6-9-24(18,25)2/h14,16-19,21-22,28H,3-13H2,1-2H3. The van der Waals surface area contributed by atoms with Crippen molar-refractivity contribution in [3.8, 4) is 0 Å². The Kier molecular flexibility index (Phi) is 3.81.